The quantitative estimate of drug-likeness (QED) is 0.623. The summed E-state index contributed by atoms with van der Waals surface area (Å²) in [5, 5.41) is 8.63. The molecule has 0 spiro atoms. The number of rotatable bonds is 8. The third-order valence-corrected chi connectivity index (χ3v) is 5.36. The number of amides is 1. The Kier molecular flexibility index (Phi) is 7.94. The van der Waals surface area contributed by atoms with Crippen LogP contribution in [0.2, 0.25) is 0 Å². The van der Waals surface area contributed by atoms with E-state index in [9.17, 15) is 18.4 Å². The van der Waals surface area contributed by atoms with Gasteiger partial charge in [0.1, 0.15) is 6.61 Å². The lowest BCUT2D eigenvalue weighted by atomic mass is 9.83. The number of aliphatic carboxylic acids is 1. The van der Waals surface area contributed by atoms with Crippen LogP contribution in [0.1, 0.15) is 25.7 Å². The van der Waals surface area contributed by atoms with Crippen LogP contribution in [0, 0.1) is 23.5 Å². The number of ether oxygens (including phenoxy) is 2. The molecular formula is C23H25F2NO5. The van der Waals surface area contributed by atoms with Crippen molar-refractivity contribution in [3.63, 3.8) is 0 Å². The first-order valence-electron chi connectivity index (χ1n) is 10.2. The van der Waals surface area contributed by atoms with Crippen molar-refractivity contribution in [3.8, 4) is 0 Å². The van der Waals surface area contributed by atoms with Gasteiger partial charge < -0.3 is 14.6 Å². The number of anilines is 2. The first kappa shape index (κ1) is 22.7. The Balaban J connectivity index is 1.59. The first-order valence-corrected chi connectivity index (χ1v) is 10.2. The number of halogens is 2. The number of nitrogens with zero attached hydrogens (tertiary/aromatic N) is 1. The van der Waals surface area contributed by atoms with Gasteiger partial charge >= 0.3 is 12.1 Å². The number of para-hydroxylation sites is 1. The monoisotopic (exact) mass is 433 g/mol. The number of carbonyl (C=O) groups excluding carboxylic acids is 1. The van der Waals surface area contributed by atoms with E-state index < -0.39 is 23.7 Å². The molecule has 1 N–H and O–H groups in total. The topological polar surface area (TPSA) is 76.1 Å². The summed E-state index contributed by atoms with van der Waals surface area (Å²) in [5.41, 5.74) is 0.159. The molecule has 2 aromatic carbocycles. The van der Waals surface area contributed by atoms with E-state index in [0.717, 1.165) is 36.6 Å². The Morgan fingerprint density at radius 2 is 1.58 bits per heavy atom. The van der Waals surface area contributed by atoms with Crippen molar-refractivity contribution in [2.24, 2.45) is 11.8 Å². The van der Waals surface area contributed by atoms with Gasteiger partial charge in [0.2, 0.25) is 0 Å². The van der Waals surface area contributed by atoms with Crippen LogP contribution in [0.25, 0.3) is 0 Å². The van der Waals surface area contributed by atoms with Crippen molar-refractivity contribution in [3.05, 3.63) is 60.2 Å². The van der Waals surface area contributed by atoms with Crippen molar-refractivity contribution in [1.82, 2.24) is 0 Å². The van der Waals surface area contributed by atoms with Crippen LogP contribution in [0.5, 0.6) is 0 Å². The number of hydrogen-bond acceptors (Lipinski definition) is 4. The minimum atomic E-state index is -1.12. The zero-order valence-corrected chi connectivity index (χ0v) is 17.0. The summed E-state index contributed by atoms with van der Waals surface area (Å²) in [7, 11) is 0. The summed E-state index contributed by atoms with van der Waals surface area (Å²) >= 11 is 0. The molecule has 0 bridgehead atoms. The fourth-order valence-electron chi connectivity index (χ4n) is 3.72. The summed E-state index contributed by atoms with van der Waals surface area (Å²) in [6.07, 6.45) is 2.55. The first-order chi connectivity index (χ1) is 15.0. The van der Waals surface area contributed by atoms with Crippen molar-refractivity contribution in [2.45, 2.75) is 25.7 Å². The van der Waals surface area contributed by atoms with E-state index in [2.05, 4.69) is 0 Å². The lowest BCUT2D eigenvalue weighted by Crippen LogP contribution is -2.30. The van der Waals surface area contributed by atoms with Crippen LogP contribution >= 0.6 is 0 Å². The highest BCUT2D eigenvalue weighted by Gasteiger charge is 2.27. The number of benzene rings is 2. The third kappa shape index (κ3) is 6.24. The molecule has 1 aliphatic rings. The average molecular weight is 433 g/mol. The number of carbonyl (C=O) groups is 2. The van der Waals surface area contributed by atoms with Gasteiger partial charge in [0, 0.05) is 0 Å². The van der Waals surface area contributed by atoms with E-state index >= 15 is 0 Å². The molecule has 3 rings (SSSR count). The maximum atomic E-state index is 14.4. The summed E-state index contributed by atoms with van der Waals surface area (Å²) in [6, 6.07) is 12.0. The molecule has 0 saturated heterocycles. The maximum Gasteiger partial charge on any atom is 0.419 e. The molecular weight excluding hydrogens is 408 g/mol. The molecule has 0 aliphatic heterocycles. The van der Waals surface area contributed by atoms with E-state index in [1.807, 2.05) is 0 Å². The standard InChI is InChI=1S/C23H25F2NO5/c24-19-7-4-8-20(22(19)25)26(18-5-2-1-3-6-18)23(29)31-14-17-11-9-16(10-12-17)13-30-15-21(27)28/h1-8,16-17H,9-15H2,(H,27,28). The normalized spacial score (nSPS) is 18.4. The average Bonchev–Trinajstić information content (AvgIpc) is 2.77. The van der Waals surface area contributed by atoms with E-state index in [1.54, 1.807) is 30.3 Å². The highest BCUT2D eigenvalue weighted by Crippen LogP contribution is 2.32. The van der Waals surface area contributed by atoms with Crippen LogP contribution in [0.15, 0.2) is 48.5 Å². The predicted octanol–water partition coefficient (Wildman–Crippen LogP) is 5.15. The number of carboxylic acids is 1. The molecule has 8 heteroatoms. The maximum absolute atomic E-state index is 14.4. The summed E-state index contributed by atoms with van der Waals surface area (Å²) in [5.74, 6) is -2.72. The summed E-state index contributed by atoms with van der Waals surface area (Å²) in [4.78, 5) is 24.4. The lowest BCUT2D eigenvalue weighted by molar-refractivity contribution is -0.142. The van der Waals surface area contributed by atoms with Crippen LogP contribution in [0.3, 0.4) is 0 Å². The second kappa shape index (κ2) is 10.9. The Labute approximate surface area is 179 Å². The van der Waals surface area contributed by atoms with Gasteiger partial charge in [-0.1, -0.05) is 24.3 Å². The Morgan fingerprint density at radius 3 is 2.23 bits per heavy atom. The van der Waals surface area contributed by atoms with E-state index in [1.165, 1.54) is 12.1 Å². The van der Waals surface area contributed by atoms with Gasteiger partial charge in [0.15, 0.2) is 11.6 Å². The van der Waals surface area contributed by atoms with Crippen molar-refractivity contribution >= 4 is 23.4 Å². The third-order valence-electron chi connectivity index (χ3n) is 5.36. The van der Waals surface area contributed by atoms with E-state index in [4.69, 9.17) is 14.6 Å². The van der Waals surface area contributed by atoms with Crippen molar-refractivity contribution < 1.29 is 33.0 Å². The van der Waals surface area contributed by atoms with Gasteiger partial charge in [-0.15, -0.1) is 0 Å². The molecule has 31 heavy (non-hydrogen) atoms. The Morgan fingerprint density at radius 1 is 0.935 bits per heavy atom. The van der Waals surface area contributed by atoms with Crippen LogP contribution in [-0.4, -0.2) is 37.0 Å². The minimum absolute atomic E-state index is 0.148. The van der Waals surface area contributed by atoms with E-state index in [-0.39, 0.29) is 30.7 Å². The molecule has 0 aromatic heterocycles. The Hall–Kier alpha value is -3.00. The molecule has 2 aromatic rings. The minimum Gasteiger partial charge on any atom is -0.480 e. The van der Waals surface area contributed by atoms with Gasteiger partial charge in [0.05, 0.1) is 24.6 Å². The second-order valence-corrected chi connectivity index (χ2v) is 7.62. The zero-order valence-electron chi connectivity index (χ0n) is 17.0. The molecule has 1 amide bonds. The smallest absolute Gasteiger partial charge is 0.419 e. The van der Waals surface area contributed by atoms with E-state index in [0.29, 0.717) is 12.3 Å². The molecule has 0 heterocycles. The predicted molar refractivity (Wildman–Crippen MR) is 110 cm³/mol. The molecule has 6 nitrogen and oxygen atoms in total. The summed E-state index contributed by atoms with van der Waals surface area (Å²) in [6.45, 7) is 0.269. The van der Waals surface area contributed by atoms with Crippen LogP contribution < -0.4 is 4.90 Å². The molecule has 0 unspecified atom stereocenters. The highest BCUT2D eigenvalue weighted by molar-refractivity contribution is 5.96. The molecule has 1 aliphatic carbocycles. The molecule has 0 atom stereocenters. The number of hydrogen-bond donors (Lipinski definition) is 1. The summed E-state index contributed by atoms with van der Waals surface area (Å²) < 4.78 is 38.8. The molecule has 1 saturated carbocycles. The van der Waals surface area contributed by atoms with Crippen LogP contribution in [-0.2, 0) is 14.3 Å². The van der Waals surface area contributed by atoms with Crippen molar-refractivity contribution in [2.75, 3.05) is 24.7 Å². The largest absolute Gasteiger partial charge is 0.480 e. The van der Waals surface area contributed by atoms with Gasteiger partial charge in [-0.3, -0.25) is 0 Å². The SMILES string of the molecule is O=C(O)COCC1CCC(COC(=O)N(c2ccccc2)c2cccc(F)c2F)CC1. The second-order valence-electron chi connectivity index (χ2n) is 7.62. The highest BCUT2D eigenvalue weighted by atomic mass is 19.2. The van der Waals surface area contributed by atoms with Gasteiger partial charge in [-0.05, 0) is 61.8 Å². The van der Waals surface area contributed by atoms with Gasteiger partial charge in [0.25, 0.3) is 0 Å². The van der Waals surface area contributed by atoms with Gasteiger partial charge in [-0.2, -0.15) is 0 Å². The molecule has 1 fully saturated rings. The zero-order chi connectivity index (χ0) is 22.2. The fourth-order valence-corrected chi connectivity index (χ4v) is 3.72. The fraction of sp³-hybridized carbons (Fsp3) is 0.391. The van der Waals surface area contributed by atoms with Gasteiger partial charge in [-0.25, -0.2) is 23.3 Å². The molecule has 0 radical (unpaired) electrons. The van der Waals surface area contributed by atoms with Crippen LogP contribution in [0.4, 0.5) is 25.0 Å². The molecule has 166 valence electrons. The van der Waals surface area contributed by atoms with Crippen molar-refractivity contribution in [1.29, 1.82) is 0 Å². The Bertz CT molecular complexity index is 885. The lowest BCUT2D eigenvalue weighted by Gasteiger charge is -2.29. The number of carboxylic acid groups (broad SMARTS) is 1.